The number of benzene rings is 3. The van der Waals surface area contributed by atoms with Gasteiger partial charge in [-0.3, -0.25) is 9.59 Å². The molecule has 9 heteroatoms. The van der Waals surface area contributed by atoms with Gasteiger partial charge < -0.3 is 28.8 Å². The van der Waals surface area contributed by atoms with E-state index < -0.39 is 17.7 Å². The molecule has 2 aliphatic heterocycles. The summed E-state index contributed by atoms with van der Waals surface area (Å²) >= 11 is 0. The number of carbonyl (C=O) groups excluding carboxylic acids is 2. The quantitative estimate of drug-likeness (QED) is 0.182. The van der Waals surface area contributed by atoms with E-state index in [0.29, 0.717) is 67.7 Å². The topological polar surface area (TPSA) is 103 Å². The largest absolute Gasteiger partial charge is 0.507 e. The molecule has 1 N–H and O–H groups in total. The average molecular weight is 552 g/mol. The lowest BCUT2D eigenvalue weighted by Crippen LogP contribution is -2.31. The van der Waals surface area contributed by atoms with Crippen molar-refractivity contribution in [1.82, 2.24) is 14.5 Å². The second-order valence-electron chi connectivity index (χ2n) is 9.85. The number of hydrogen-bond donors (Lipinski definition) is 1. The zero-order valence-corrected chi connectivity index (χ0v) is 22.3. The average Bonchev–Trinajstić information content (AvgIpc) is 3.62. The van der Waals surface area contributed by atoms with E-state index in [1.54, 1.807) is 30.7 Å². The van der Waals surface area contributed by atoms with Crippen LogP contribution >= 0.6 is 0 Å². The first kappa shape index (κ1) is 26.2. The molecule has 0 bridgehead atoms. The normalized spacial score (nSPS) is 17.6. The summed E-state index contributed by atoms with van der Waals surface area (Å²) in [4.78, 5) is 32.5. The van der Waals surface area contributed by atoms with Crippen LogP contribution in [0.2, 0.25) is 0 Å². The van der Waals surface area contributed by atoms with Gasteiger partial charge in [-0.15, -0.1) is 0 Å². The van der Waals surface area contributed by atoms with Crippen LogP contribution in [0.15, 0.2) is 97.1 Å². The number of likely N-dealkylation sites (tertiary alicyclic amines) is 1. The van der Waals surface area contributed by atoms with Gasteiger partial charge in [0.25, 0.3) is 11.7 Å². The second kappa shape index (κ2) is 11.6. The predicted octanol–water partition coefficient (Wildman–Crippen LogP) is 4.75. The summed E-state index contributed by atoms with van der Waals surface area (Å²) < 4.78 is 19.2. The Balaban J connectivity index is 1.35. The minimum Gasteiger partial charge on any atom is -0.507 e. The zero-order chi connectivity index (χ0) is 28.2. The lowest BCUT2D eigenvalue weighted by Gasteiger charge is -2.26. The molecular formula is C32H29N3O6. The molecular weight excluding hydrogens is 522 g/mol. The van der Waals surface area contributed by atoms with Crippen LogP contribution in [0.4, 0.5) is 0 Å². The van der Waals surface area contributed by atoms with E-state index in [9.17, 15) is 14.7 Å². The molecule has 1 saturated heterocycles. The van der Waals surface area contributed by atoms with E-state index in [0.717, 1.165) is 5.56 Å². The Morgan fingerprint density at radius 1 is 0.951 bits per heavy atom. The molecule has 0 spiro atoms. The van der Waals surface area contributed by atoms with Crippen LogP contribution in [0.5, 0.6) is 17.2 Å². The van der Waals surface area contributed by atoms with Crippen molar-refractivity contribution >= 4 is 17.4 Å². The number of imidazole rings is 1. The van der Waals surface area contributed by atoms with Gasteiger partial charge in [-0.05, 0) is 47.9 Å². The van der Waals surface area contributed by atoms with Gasteiger partial charge in [0.1, 0.15) is 31.3 Å². The van der Waals surface area contributed by atoms with E-state index in [2.05, 4.69) is 4.98 Å². The van der Waals surface area contributed by atoms with E-state index in [1.807, 2.05) is 65.4 Å². The molecule has 2 aliphatic rings. The Hall–Kier alpha value is -5.05. The number of aliphatic hydroxyl groups excluding tert-OH is 1. The molecule has 3 heterocycles. The third kappa shape index (κ3) is 5.51. The number of rotatable bonds is 9. The molecule has 0 radical (unpaired) electrons. The molecule has 208 valence electrons. The number of nitrogens with zero attached hydrogens (tertiary/aromatic N) is 3. The first-order valence-corrected chi connectivity index (χ1v) is 13.5. The highest BCUT2D eigenvalue weighted by Gasteiger charge is 2.46. The number of hydrogen-bond acceptors (Lipinski definition) is 7. The number of fused-ring (bicyclic) bond motifs is 1. The van der Waals surface area contributed by atoms with E-state index in [-0.39, 0.29) is 11.3 Å². The highest BCUT2D eigenvalue weighted by molar-refractivity contribution is 6.46. The van der Waals surface area contributed by atoms with Crippen molar-refractivity contribution in [3.63, 3.8) is 0 Å². The SMILES string of the molecule is O=C1C(=O)N(CCCn2ccnc2)[C@@H](c2cccc(OCc3ccccc3)c2)/C1=C(\O)c1ccc2c(c1)OCCO2. The van der Waals surface area contributed by atoms with Gasteiger partial charge in [-0.2, -0.15) is 0 Å². The highest BCUT2D eigenvalue weighted by Crippen LogP contribution is 2.42. The molecule has 0 unspecified atom stereocenters. The van der Waals surface area contributed by atoms with Crippen LogP contribution in [0, 0.1) is 0 Å². The number of aromatic nitrogens is 2. The number of ether oxygens (including phenoxy) is 3. The first-order valence-electron chi connectivity index (χ1n) is 13.5. The van der Waals surface area contributed by atoms with Crippen molar-refractivity contribution in [1.29, 1.82) is 0 Å². The lowest BCUT2D eigenvalue weighted by molar-refractivity contribution is -0.139. The second-order valence-corrected chi connectivity index (χ2v) is 9.85. The van der Waals surface area contributed by atoms with Crippen molar-refractivity contribution in [2.24, 2.45) is 0 Å². The molecule has 9 nitrogen and oxygen atoms in total. The van der Waals surface area contributed by atoms with Gasteiger partial charge in [0.15, 0.2) is 11.5 Å². The number of ketones is 1. The highest BCUT2D eigenvalue weighted by atomic mass is 16.6. The smallest absolute Gasteiger partial charge is 0.295 e. The minimum atomic E-state index is -0.800. The van der Waals surface area contributed by atoms with Crippen LogP contribution in [0.25, 0.3) is 5.76 Å². The van der Waals surface area contributed by atoms with Crippen LogP contribution in [0.1, 0.15) is 29.2 Å². The van der Waals surface area contributed by atoms with Gasteiger partial charge in [0.2, 0.25) is 0 Å². The monoisotopic (exact) mass is 551 g/mol. The molecule has 3 aromatic carbocycles. The summed E-state index contributed by atoms with van der Waals surface area (Å²) in [6.45, 7) is 2.12. The molecule has 41 heavy (non-hydrogen) atoms. The number of carbonyl (C=O) groups is 2. The zero-order valence-electron chi connectivity index (χ0n) is 22.3. The van der Waals surface area contributed by atoms with Crippen LogP contribution in [-0.2, 0) is 22.7 Å². The number of Topliss-reactive ketones (excluding diaryl/α,β-unsaturated/α-hetero) is 1. The number of aliphatic hydroxyl groups is 1. The molecule has 0 saturated carbocycles. The van der Waals surface area contributed by atoms with Gasteiger partial charge in [-0.1, -0.05) is 42.5 Å². The van der Waals surface area contributed by atoms with Crippen LogP contribution < -0.4 is 14.2 Å². The summed E-state index contributed by atoms with van der Waals surface area (Å²) in [5.74, 6) is -0.0287. The fraction of sp³-hybridized carbons (Fsp3) is 0.219. The van der Waals surface area contributed by atoms with Crippen LogP contribution in [0.3, 0.4) is 0 Å². The van der Waals surface area contributed by atoms with Gasteiger partial charge in [-0.25, -0.2) is 4.98 Å². The van der Waals surface area contributed by atoms with Crippen molar-refractivity contribution in [2.45, 2.75) is 25.6 Å². The van der Waals surface area contributed by atoms with Crippen molar-refractivity contribution in [2.75, 3.05) is 19.8 Å². The van der Waals surface area contributed by atoms with Gasteiger partial charge >= 0.3 is 0 Å². The van der Waals surface area contributed by atoms with Crippen molar-refractivity contribution in [3.05, 3.63) is 114 Å². The Labute approximate surface area is 237 Å². The molecule has 4 aromatic rings. The molecule has 0 aliphatic carbocycles. The Kier molecular flexibility index (Phi) is 7.40. The lowest BCUT2D eigenvalue weighted by atomic mass is 9.95. The van der Waals surface area contributed by atoms with Gasteiger partial charge in [0.05, 0.1) is 17.9 Å². The van der Waals surface area contributed by atoms with Crippen LogP contribution in [-0.4, -0.2) is 51.0 Å². The number of aryl methyl sites for hydroxylation is 1. The third-order valence-electron chi connectivity index (χ3n) is 7.15. The Morgan fingerprint density at radius 3 is 2.59 bits per heavy atom. The third-order valence-corrected chi connectivity index (χ3v) is 7.15. The standard InChI is InChI=1S/C32H29N3O6/c36-30(24-10-11-26-27(19-24)40-17-16-39-26)28-29(35(32(38)31(28)37)14-5-13-34-15-12-33-21-34)23-8-4-9-25(18-23)41-20-22-6-2-1-3-7-22/h1-4,6-12,15,18-19,21,29,36H,5,13-14,16-17,20H2/b30-28+/t29-/m0/s1. The summed E-state index contributed by atoms with van der Waals surface area (Å²) in [5, 5.41) is 11.5. The van der Waals surface area contributed by atoms with Gasteiger partial charge in [0, 0.05) is 31.0 Å². The van der Waals surface area contributed by atoms with Crippen molar-refractivity contribution < 1.29 is 28.9 Å². The molecule has 1 aromatic heterocycles. The fourth-order valence-corrected chi connectivity index (χ4v) is 5.16. The summed E-state index contributed by atoms with van der Waals surface area (Å²) in [5.41, 5.74) is 2.07. The minimum absolute atomic E-state index is 0.0227. The molecule has 1 amide bonds. The van der Waals surface area contributed by atoms with E-state index >= 15 is 0 Å². The maximum atomic E-state index is 13.5. The fourth-order valence-electron chi connectivity index (χ4n) is 5.16. The first-order chi connectivity index (χ1) is 20.1. The number of amides is 1. The summed E-state index contributed by atoms with van der Waals surface area (Å²) in [6.07, 6.45) is 5.84. The van der Waals surface area contributed by atoms with Crippen molar-refractivity contribution in [3.8, 4) is 17.2 Å². The summed E-state index contributed by atoms with van der Waals surface area (Å²) in [7, 11) is 0. The molecule has 1 fully saturated rings. The Morgan fingerprint density at radius 2 is 1.78 bits per heavy atom. The molecule has 6 rings (SSSR count). The predicted molar refractivity (Wildman–Crippen MR) is 151 cm³/mol. The maximum Gasteiger partial charge on any atom is 0.295 e. The maximum absolute atomic E-state index is 13.5. The van der Waals surface area contributed by atoms with E-state index in [4.69, 9.17) is 14.2 Å². The summed E-state index contributed by atoms with van der Waals surface area (Å²) in [6, 6.07) is 21.3. The Bertz CT molecular complexity index is 1580. The molecule has 1 atom stereocenters. The van der Waals surface area contributed by atoms with E-state index in [1.165, 1.54) is 4.90 Å².